The van der Waals surface area contributed by atoms with Crippen molar-refractivity contribution in [2.24, 2.45) is 0 Å². The lowest BCUT2D eigenvalue weighted by molar-refractivity contribution is -0.143. The molecule has 0 heterocycles. The summed E-state index contributed by atoms with van der Waals surface area (Å²) in [6.45, 7) is -0.657. The summed E-state index contributed by atoms with van der Waals surface area (Å²) in [5.41, 5.74) is 0. The van der Waals surface area contributed by atoms with Crippen LogP contribution < -0.4 is 9.46 Å². The number of methoxy groups -OCH3 is 1. The van der Waals surface area contributed by atoms with Gasteiger partial charge in [-0.25, -0.2) is 31.1 Å². The van der Waals surface area contributed by atoms with Crippen LogP contribution in [0.1, 0.15) is 0 Å². The van der Waals surface area contributed by atoms with Gasteiger partial charge in [-0.05, 0) is 36.4 Å². The van der Waals surface area contributed by atoms with Gasteiger partial charge < -0.3 is 9.47 Å². The predicted octanol–water partition coefficient (Wildman–Crippen LogP) is 2.73. The van der Waals surface area contributed by atoms with E-state index in [1.54, 1.807) is 0 Å². The molecule has 0 bridgehead atoms. The number of esters is 1. The van der Waals surface area contributed by atoms with Crippen LogP contribution in [0.4, 0.5) is 13.2 Å². The number of rotatable bonds is 9. The minimum Gasteiger partial charge on any atom is -0.476 e. The van der Waals surface area contributed by atoms with Gasteiger partial charge in [0, 0.05) is 17.2 Å². The molecule has 1 N–H and O–H groups in total. The number of hydrogen-bond donors (Lipinski definition) is 1. The Morgan fingerprint density at radius 2 is 1.71 bits per heavy atom. The predicted molar refractivity (Wildman–Crippen MR) is 96.2 cm³/mol. The number of nitrogens with one attached hydrogen (secondary N) is 1. The summed E-state index contributed by atoms with van der Waals surface area (Å²) in [5, 5.41) is 0. The molecule has 0 saturated carbocycles. The minimum atomic E-state index is -3.81. The Morgan fingerprint density at radius 1 is 1.11 bits per heavy atom. The molecule has 0 saturated heterocycles. The number of thioether (sulfide) groups is 1. The zero-order valence-electron chi connectivity index (χ0n) is 14.6. The molecule has 0 aliphatic heterocycles. The van der Waals surface area contributed by atoms with Crippen LogP contribution in [0.25, 0.3) is 0 Å². The topological polar surface area (TPSA) is 81.7 Å². The number of hydrogen-bond acceptors (Lipinski definition) is 6. The van der Waals surface area contributed by atoms with Crippen LogP contribution in [0.5, 0.6) is 5.75 Å². The fraction of sp³-hybridized carbons (Fsp3) is 0.235. The first-order valence-electron chi connectivity index (χ1n) is 7.79. The SMILES string of the molecule is COC(=O)COc1c(F)cc(SCCNS(=O)(=O)c2ccc(F)cc2)cc1F. The molecule has 11 heteroatoms. The number of carbonyl (C=O) groups is 1. The Labute approximate surface area is 164 Å². The van der Waals surface area contributed by atoms with Gasteiger partial charge in [-0.15, -0.1) is 11.8 Å². The maximum Gasteiger partial charge on any atom is 0.343 e. The third-order valence-electron chi connectivity index (χ3n) is 3.32. The summed E-state index contributed by atoms with van der Waals surface area (Å²) in [4.78, 5) is 11.1. The highest BCUT2D eigenvalue weighted by atomic mass is 32.2. The first kappa shape index (κ1) is 22.1. The fourth-order valence-corrected chi connectivity index (χ4v) is 3.96. The largest absolute Gasteiger partial charge is 0.476 e. The van der Waals surface area contributed by atoms with E-state index in [0.717, 1.165) is 55.3 Å². The van der Waals surface area contributed by atoms with E-state index in [4.69, 9.17) is 4.74 Å². The van der Waals surface area contributed by atoms with Crippen molar-refractivity contribution in [1.29, 1.82) is 0 Å². The molecule has 0 fully saturated rings. The van der Waals surface area contributed by atoms with Crippen molar-refractivity contribution in [2.45, 2.75) is 9.79 Å². The minimum absolute atomic E-state index is 0.0196. The maximum atomic E-state index is 13.9. The molecule has 0 spiro atoms. The normalized spacial score (nSPS) is 11.3. The van der Waals surface area contributed by atoms with E-state index in [9.17, 15) is 26.4 Å². The molecule has 0 unspecified atom stereocenters. The molecule has 152 valence electrons. The van der Waals surface area contributed by atoms with E-state index in [1.165, 1.54) is 0 Å². The standard InChI is InChI=1S/C17H16F3NO5S2/c1-25-16(22)10-26-17-14(19)8-12(9-15(17)20)27-7-6-21-28(23,24)13-4-2-11(18)3-5-13/h2-5,8-9,21H,6-7,10H2,1H3. The number of ether oxygens (including phenoxy) is 2. The highest BCUT2D eigenvalue weighted by molar-refractivity contribution is 7.99. The molecule has 0 atom stereocenters. The molecule has 2 aromatic rings. The molecular formula is C17H16F3NO5S2. The summed E-state index contributed by atoms with van der Waals surface area (Å²) < 4.78 is 76.2. The highest BCUT2D eigenvalue weighted by Crippen LogP contribution is 2.28. The van der Waals surface area contributed by atoms with Crippen LogP contribution in [0.15, 0.2) is 46.2 Å². The van der Waals surface area contributed by atoms with Crippen molar-refractivity contribution in [3.63, 3.8) is 0 Å². The second-order valence-corrected chi connectivity index (χ2v) is 8.22. The number of benzene rings is 2. The summed E-state index contributed by atoms with van der Waals surface area (Å²) in [7, 11) is -2.70. The van der Waals surface area contributed by atoms with Crippen LogP contribution in [-0.4, -0.2) is 40.4 Å². The van der Waals surface area contributed by atoms with Gasteiger partial charge in [0.2, 0.25) is 10.0 Å². The van der Waals surface area contributed by atoms with Gasteiger partial charge in [0.25, 0.3) is 0 Å². The van der Waals surface area contributed by atoms with Gasteiger partial charge in [-0.3, -0.25) is 0 Å². The Morgan fingerprint density at radius 3 is 2.29 bits per heavy atom. The fourth-order valence-electron chi connectivity index (χ4n) is 1.99. The Kier molecular flexibility index (Phi) is 7.72. The van der Waals surface area contributed by atoms with Crippen LogP contribution in [-0.2, 0) is 19.6 Å². The van der Waals surface area contributed by atoms with Crippen molar-refractivity contribution in [2.75, 3.05) is 26.0 Å². The van der Waals surface area contributed by atoms with Gasteiger partial charge in [0.1, 0.15) is 5.82 Å². The zero-order chi connectivity index (χ0) is 20.7. The lowest BCUT2D eigenvalue weighted by Gasteiger charge is -2.10. The average Bonchev–Trinajstić information content (AvgIpc) is 2.64. The summed E-state index contributed by atoms with van der Waals surface area (Å²) >= 11 is 1.01. The van der Waals surface area contributed by atoms with Crippen molar-refractivity contribution < 1.29 is 35.9 Å². The van der Waals surface area contributed by atoms with E-state index < -0.39 is 45.8 Å². The average molecular weight is 435 g/mol. The number of halogens is 3. The quantitative estimate of drug-likeness (QED) is 0.371. The number of sulfonamides is 1. The van der Waals surface area contributed by atoms with Crippen molar-refractivity contribution in [3.05, 3.63) is 53.8 Å². The molecule has 0 amide bonds. The molecular weight excluding hydrogens is 419 g/mol. The lowest BCUT2D eigenvalue weighted by atomic mass is 10.3. The third-order valence-corrected chi connectivity index (χ3v) is 5.77. The van der Waals surface area contributed by atoms with Crippen LogP contribution in [0.3, 0.4) is 0 Å². The van der Waals surface area contributed by atoms with E-state index in [2.05, 4.69) is 9.46 Å². The number of carbonyl (C=O) groups excluding carboxylic acids is 1. The smallest absolute Gasteiger partial charge is 0.343 e. The zero-order valence-corrected chi connectivity index (χ0v) is 16.2. The Bertz CT molecular complexity index is 913. The van der Waals surface area contributed by atoms with Crippen LogP contribution in [0, 0.1) is 17.5 Å². The molecule has 0 aliphatic rings. The Hall–Kier alpha value is -2.24. The molecule has 6 nitrogen and oxygen atoms in total. The van der Waals surface area contributed by atoms with Gasteiger partial charge in [-0.1, -0.05) is 0 Å². The highest BCUT2D eigenvalue weighted by Gasteiger charge is 2.16. The van der Waals surface area contributed by atoms with Crippen molar-refractivity contribution >= 4 is 27.8 Å². The van der Waals surface area contributed by atoms with Crippen molar-refractivity contribution in [1.82, 2.24) is 4.72 Å². The van der Waals surface area contributed by atoms with E-state index in [1.807, 2.05) is 0 Å². The molecule has 0 aliphatic carbocycles. The van der Waals surface area contributed by atoms with Gasteiger partial charge >= 0.3 is 5.97 Å². The van der Waals surface area contributed by atoms with E-state index in [-0.39, 0.29) is 22.1 Å². The van der Waals surface area contributed by atoms with E-state index in [0.29, 0.717) is 0 Å². The van der Waals surface area contributed by atoms with Crippen molar-refractivity contribution in [3.8, 4) is 5.75 Å². The lowest BCUT2D eigenvalue weighted by Crippen LogP contribution is -2.26. The summed E-state index contributed by atoms with van der Waals surface area (Å²) in [6.07, 6.45) is 0. The first-order chi connectivity index (χ1) is 13.2. The van der Waals surface area contributed by atoms with Gasteiger partial charge in [0.05, 0.1) is 12.0 Å². The van der Waals surface area contributed by atoms with E-state index >= 15 is 0 Å². The summed E-state index contributed by atoms with van der Waals surface area (Å²) in [6, 6.07) is 6.33. The molecule has 2 aromatic carbocycles. The maximum absolute atomic E-state index is 13.9. The van der Waals surface area contributed by atoms with Gasteiger partial charge in [0.15, 0.2) is 24.0 Å². The third kappa shape index (κ3) is 6.14. The molecule has 28 heavy (non-hydrogen) atoms. The molecule has 2 rings (SSSR count). The van der Waals surface area contributed by atoms with Crippen LogP contribution in [0.2, 0.25) is 0 Å². The molecule has 0 aromatic heterocycles. The summed E-state index contributed by atoms with van der Waals surface area (Å²) in [5.74, 6) is -3.87. The van der Waals surface area contributed by atoms with Gasteiger partial charge in [-0.2, -0.15) is 0 Å². The van der Waals surface area contributed by atoms with Crippen LogP contribution >= 0.6 is 11.8 Å². The Balaban J connectivity index is 1.90. The second kappa shape index (κ2) is 9.80. The second-order valence-electron chi connectivity index (χ2n) is 5.28. The first-order valence-corrected chi connectivity index (χ1v) is 10.3. The monoisotopic (exact) mass is 435 g/mol. The molecule has 0 radical (unpaired) electrons.